The molecule has 2 bridgehead atoms. The molecule has 2 amide bonds. The third-order valence-electron chi connectivity index (χ3n) is 7.51. The number of halogens is 1. The molecule has 8 heteroatoms. The number of carbonyl (C=O) groups is 2. The Bertz CT molecular complexity index is 1210. The molecule has 0 saturated heterocycles. The third-order valence-corrected chi connectivity index (χ3v) is 7.51. The number of hydrogen-bond donors (Lipinski definition) is 4. The van der Waals surface area contributed by atoms with Crippen LogP contribution in [0, 0.1) is 18.2 Å². The Morgan fingerprint density at radius 1 is 1.21 bits per heavy atom. The second-order valence-electron chi connectivity index (χ2n) is 10.5. The Labute approximate surface area is 229 Å². The molecule has 0 aromatic heterocycles. The molecule has 1 fully saturated rings. The minimum Gasteiger partial charge on any atom is -0.493 e. The molecule has 2 aromatic carbocycles. The molecule has 2 aliphatic rings. The third kappa shape index (κ3) is 7.81. The zero-order valence-corrected chi connectivity index (χ0v) is 22.5. The van der Waals surface area contributed by atoms with Crippen LogP contribution in [0.4, 0.5) is 4.39 Å². The van der Waals surface area contributed by atoms with Crippen molar-refractivity contribution in [3.05, 3.63) is 65.0 Å². The Hall–Kier alpha value is -3.41. The van der Waals surface area contributed by atoms with Crippen LogP contribution in [-0.4, -0.2) is 48.3 Å². The maximum Gasteiger partial charge on any atom is 0.243 e. The molecule has 0 spiro atoms. The fourth-order valence-electron chi connectivity index (χ4n) is 5.04. The van der Waals surface area contributed by atoms with Gasteiger partial charge in [0.1, 0.15) is 17.6 Å². The predicted octanol–water partition coefficient (Wildman–Crippen LogP) is 3.13. The van der Waals surface area contributed by atoms with Gasteiger partial charge < -0.3 is 25.8 Å². The topological polar surface area (TPSA) is 99.7 Å². The molecular formula is C31H38FN3O4. The smallest absolute Gasteiger partial charge is 0.243 e. The highest BCUT2D eigenvalue weighted by Gasteiger charge is 2.44. The predicted molar refractivity (Wildman–Crippen MR) is 148 cm³/mol. The number of terminal acetylenes is 1. The van der Waals surface area contributed by atoms with Crippen LogP contribution in [0.25, 0.3) is 0 Å². The van der Waals surface area contributed by atoms with Crippen LogP contribution >= 0.6 is 0 Å². The summed E-state index contributed by atoms with van der Waals surface area (Å²) in [6.07, 6.45) is 8.87. The molecule has 39 heavy (non-hydrogen) atoms. The van der Waals surface area contributed by atoms with E-state index in [2.05, 4.69) is 53.1 Å². The molecule has 1 aliphatic carbocycles. The lowest BCUT2D eigenvalue weighted by molar-refractivity contribution is -0.129. The highest BCUT2D eigenvalue weighted by molar-refractivity contribution is 5.88. The normalized spacial score (nSPS) is 22.2. The molecule has 1 unspecified atom stereocenters. The summed E-state index contributed by atoms with van der Waals surface area (Å²) in [5.41, 5.74) is 2.80. The number of aryl methyl sites for hydroxylation is 1. The van der Waals surface area contributed by atoms with Gasteiger partial charge in [-0.15, -0.1) is 12.3 Å². The van der Waals surface area contributed by atoms with Crippen molar-refractivity contribution in [3.8, 4) is 18.1 Å². The molecule has 3 atom stereocenters. The van der Waals surface area contributed by atoms with Gasteiger partial charge >= 0.3 is 0 Å². The van der Waals surface area contributed by atoms with Gasteiger partial charge in [0.2, 0.25) is 11.8 Å². The van der Waals surface area contributed by atoms with E-state index in [-0.39, 0.29) is 37.3 Å². The number of ether oxygens (including phenoxy) is 1. The minimum atomic E-state index is -0.994. The molecule has 1 aliphatic heterocycles. The SMILES string of the molecule is C#CCC1NC(=O)CCCCOc2cc(F)cc(c2)C[C@@H]([C@H](O)CNC2(c3cccc(CC)c3)CC2)NC1=O. The van der Waals surface area contributed by atoms with Gasteiger partial charge in [0, 0.05) is 31.0 Å². The highest BCUT2D eigenvalue weighted by atomic mass is 19.1. The van der Waals surface area contributed by atoms with Gasteiger partial charge in [-0.1, -0.05) is 31.2 Å². The number of fused-ring (bicyclic) bond motifs is 2. The largest absolute Gasteiger partial charge is 0.493 e. The molecule has 4 N–H and O–H groups in total. The molecule has 1 saturated carbocycles. The van der Waals surface area contributed by atoms with Gasteiger partial charge in [0.25, 0.3) is 0 Å². The Morgan fingerprint density at radius 3 is 2.77 bits per heavy atom. The lowest BCUT2D eigenvalue weighted by Crippen LogP contribution is -2.55. The number of nitrogens with one attached hydrogen (secondary N) is 3. The van der Waals surface area contributed by atoms with Crippen molar-refractivity contribution in [3.63, 3.8) is 0 Å². The van der Waals surface area contributed by atoms with Crippen molar-refractivity contribution >= 4 is 11.8 Å². The van der Waals surface area contributed by atoms with Crippen molar-refractivity contribution in [2.45, 2.75) is 82.0 Å². The van der Waals surface area contributed by atoms with Crippen LogP contribution in [0.3, 0.4) is 0 Å². The maximum absolute atomic E-state index is 14.5. The van der Waals surface area contributed by atoms with Crippen molar-refractivity contribution in [1.82, 2.24) is 16.0 Å². The van der Waals surface area contributed by atoms with E-state index in [1.165, 1.54) is 23.3 Å². The summed E-state index contributed by atoms with van der Waals surface area (Å²) in [4.78, 5) is 25.7. The average molecular weight is 536 g/mol. The van der Waals surface area contributed by atoms with Gasteiger partial charge in [-0.3, -0.25) is 9.59 Å². The Kier molecular flexibility index (Phi) is 9.60. The maximum atomic E-state index is 14.5. The molecule has 7 nitrogen and oxygen atoms in total. The van der Waals surface area contributed by atoms with Crippen LogP contribution < -0.4 is 20.7 Å². The summed E-state index contributed by atoms with van der Waals surface area (Å²) < 4.78 is 20.2. The van der Waals surface area contributed by atoms with Crippen molar-refractivity contribution in [2.24, 2.45) is 0 Å². The van der Waals surface area contributed by atoms with E-state index in [1.807, 2.05) is 0 Å². The molecule has 208 valence electrons. The summed E-state index contributed by atoms with van der Waals surface area (Å²) in [6.45, 7) is 2.66. The van der Waals surface area contributed by atoms with Crippen molar-refractivity contribution in [2.75, 3.05) is 13.2 Å². The van der Waals surface area contributed by atoms with Gasteiger partial charge in [-0.2, -0.15) is 0 Å². The number of amides is 2. The number of hydrogen-bond acceptors (Lipinski definition) is 5. The van der Waals surface area contributed by atoms with Crippen LogP contribution in [-0.2, 0) is 28.0 Å². The van der Waals surface area contributed by atoms with Crippen LogP contribution in [0.5, 0.6) is 5.75 Å². The molecule has 2 aromatic rings. The minimum absolute atomic E-state index is 0.0166. The summed E-state index contributed by atoms with van der Waals surface area (Å²) in [5, 5.41) is 20.4. The molecule has 0 radical (unpaired) electrons. The van der Waals surface area contributed by atoms with Crippen LogP contribution in [0.1, 0.15) is 62.1 Å². The Morgan fingerprint density at radius 2 is 2.03 bits per heavy atom. The van der Waals surface area contributed by atoms with Gasteiger partial charge in [-0.25, -0.2) is 4.39 Å². The molecule has 1 heterocycles. The molecule has 4 rings (SSSR count). The number of rotatable bonds is 7. The average Bonchev–Trinajstić information content (AvgIpc) is 3.71. The number of aliphatic hydroxyl groups excluding tert-OH is 1. The van der Waals surface area contributed by atoms with Gasteiger partial charge in [0.15, 0.2) is 0 Å². The first-order chi connectivity index (χ1) is 18.8. The summed E-state index contributed by atoms with van der Waals surface area (Å²) in [7, 11) is 0. The highest BCUT2D eigenvalue weighted by Crippen LogP contribution is 2.45. The summed E-state index contributed by atoms with van der Waals surface area (Å²) in [5.74, 6) is 1.60. The number of benzene rings is 2. The second kappa shape index (κ2) is 13.1. The van der Waals surface area contributed by atoms with Crippen molar-refractivity contribution < 1.29 is 23.8 Å². The fourth-order valence-corrected chi connectivity index (χ4v) is 5.04. The standard InChI is InChI=1S/C31H38FN3O4/c1-3-8-26-30(38)35-27(28(36)20-33-31(12-13-31)23-10-7-9-21(4-2)15-23)18-22-16-24(32)19-25(17-22)39-14-6-5-11-29(37)34-26/h1,7,9-10,15-17,19,26-28,33,36H,4-6,8,11-14,18,20H2,2H3,(H,34,37)(H,35,38)/t26?,27-,28+/m0/s1. The number of aliphatic hydroxyl groups is 1. The van der Waals surface area contributed by atoms with Crippen molar-refractivity contribution in [1.29, 1.82) is 0 Å². The van der Waals surface area contributed by atoms with E-state index >= 15 is 0 Å². The molecular weight excluding hydrogens is 497 g/mol. The fraction of sp³-hybridized carbons (Fsp3) is 0.484. The first kappa shape index (κ1) is 28.6. The zero-order chi connectivity index (χ0) is 27.8. The Balaban J connectivity index is 1.55. The summed E-state index contributed by atoms with van der Waals surface area (Å²) in [6, 6.07) is 11.2. The lowest BCUT2D eigenvalue weighted by atomic mass is 9.98. The zero-order valence-electron chi connectivity index (χ0n) is 22.5. The van der Waals surface area contributed by atoms with Crippen LogP contribution in [0.15, 0.2) is 42.5 Å². The van der Waals surface area contributed by atoms with E-state index in [1.54, 1.807) is 6.07 Å². The van der Waals surface area contributed by atoms with E-state index in [0.717, 1.165) is 19.3 Å². The quantitative estimate of drug-likeness (QED) is 0.409. The van der Waals surface area contributed by atoms with E-state index in [0.29, 0.717) is 30.8 Å². The monoisotopic (exact) mass is 535 g/mol. The lowest BCUT2D eigenvalue weighted by Gasteiger charge is -2.29. The van der Waals surface area contributed by atoms with Crippen LogP contribution in [0.2, 0.25) is 0 Å². The van der Waals surface area contributed by atoms with E-state index in [9.17, 15) is 19.1 Å². The number of carbonyl (C=O) groups excluding carboxylic acids is 2. The van der Waals surface area contributed by atoms with Gasteiger partial charge in [-0.05, 0) is 67.3 Å². The summed E-state index contributed by atoms with van der Waals surface area (Å²) >= 11 is 0. The first-order valence-corrected chi connectivity index (χ1v) is 13.8. The van der Waals surface area contributed by atoms with E-state index in [4.69, 9.17) is 11.2 Å². The first-order valence-electron chi connectivity index (χ1n) is 13.8. The van der Waals surface area contributed by atoms with E-state index < -0.39 is 29.9 Å². The van der Waals surface area contributed by atoms with Gasteiger partial charge in [0.05, 0.1) is 18.8 Å². The second-order valence-corrected chi connectivity index (χ2v) is 10.5.